The molecule has 2 fully saturated rings. The highest BCUT2D eigenvalue weighted by Crippen LogP contribution is 2.58. The number of fused-ring (bicyclic) bond motifs is 1. The molecule has 0 amide bonds. The van der Waals surface area contributed by atoms with Gasteiger partial charge in [0.2, 0.25) is 0 Å². The van der Waals surface area contributed by atoms with Crippen molar-refractivity contribution in [1.29, 1.82) is 0 Å². The Hall–Kier alpha value is -0.370. The Labute approximate surface area is 79.3 Å². The van der Waals surface area contributed by atoms with Crippen LogP contribution in [0.1, 0.15) is 40.0 Å². The molecule has 0 radical (unpaired) electrons. The van der Waals surface area contributed by atoms with Gasteiger partial charge >= 0.3 is 0 Å². The SMILES string of the molecule is CC1(C)CC(=O)[C@H]2CC(O)[C@@]2(C)C1. The van der Waals surface area contributed by atoms with Gasteiger partial charge in [-0.2, -0.15) is 0 Å². The second kappa shape index (κ2) is 2.35. The zero-order valence-electron chi connectivity index (χ0n) is 8.63. The summed E-state index contributed by atoms with van der Waals surface area (Å²) >= 11 is 0. The van der Waals surface area contributed by atoms with Gasteiger partial charge < -0.3 is 5.11 Å². The zero-order valence-corrected chi connectivity index (χ0v) is 8.63. The molecule has 0 spiro atoms. The summed E-state index contributed by atoms with van der Waals surface area (Å²) in [6, 6.07) is 0. The van der Waals surface area contributed by atoms with E-state index >= 15 is 0 Å². The number of rotatable bonds is 0. The highest BCUT2D eigenvalue weighted by atomic mass is 16.3. The number of hydrogen-bond donors (Lipinski definition) is 1. The summed E-state index contributed by atoms with van der Waals surface area (Å²) in [7, 11) is 0. The summed E-state index contributed by atoms with van der Waals surface area (Å²) in [4.78, 5) is 11.7. The van der Waals surface area contributed by atoms with E-state index in [0.717, 1.165) is 6.42 Å². The zero-order chi connectivity index (χ0) is 9.85. The van der Waals surface area contributed by atoms with Crippen LogP contribution in [-0.2, 0) is 4.79 Å². The number of carbonyl (C=O) groups excluding carboxylic acids is 1. The Morgan fingerprint density at radius 1 is 1.38 bits per heavy atom. The first-order valence-electron chi connectivity index (χ1n) is 5.06. The lowest BCUT2D eigenvalue weighted by Gasteiger charge is -2.57. The molecule has 2 aliphatic rings. The molecule has 2 aliphatic carbocycles. The highest BCUT2D eigenvalue weighted by molar-refractivity contribution is 5.84. The van der Waals surface area contributed by atoms with E-state index in [1.54, 1.807) is 0 Å². The van der Waals surface area contributed by atoms with Gasteiger partial charge in [-0.15, -0.1) is 0 Å². The van der Waals surface area contributed by atoms with E-state index in [2.05, 4.69) is 20.8 Å². The smallest absolute Gasteiger partial charge is 0.137 e. The second-order valence-corrected chi connectivity index (χ2v) is 5.79. The van der Waals surface area contributed by atoms with Crippen molar-refractivity contribution in [3.05, 3.63) is 0 Å². The molecule has 2 heteroatoms. The Balaban J connectivity index is 2.26. The first-order chi connectivity index (χ1) is 5.85. The summed E-state index contributed by atoms with van der Waals surface area (Å²) < 4.78 is 0. The van der Waals surface area contributed by atoms with Gasteiger partial charge in [-0.3, -0.25) is 4.79 Å². The van der Waals surface area contributed by atoms with Gasteiger partial charge in [0.25, 0.3) is 0 Å². The lowest BCUT2D eigenvalue weighted by Crippen LogP contribution is -2.59. The molecule has 0 saturated heterocycles. The third kappa shape index (κ3) is 1.15. The number of hydrogen-bond acceptors (Lipinski definition) is 2. The molecule has 2 rings (SSSR count). The van der Waals surface area contributed by atoms with Crippen LogP contribution in [0.15, 0.2) is 0 Å². The van der Waals surface area contributed by atoms with Crippen molar-refractivity contribution < 1.29 is 9.90 Å². The van der Waals surface area contributed by atoms with Gasteiger partial charge in [0.15, 0.2) is 0 Å². The van der Waals surface area contributed by atoms with Crippen molar-refractivity contribution in [3.63, 3.8) is 0 Å². The fourth-order valence-electron chi connectivity index (χ4n) is 3.26. The van der Waals surface area contributed by atoms with Crippen LogP contribution in [0.5, 0.6) is 0 Å². The number of carbonyl (C=O) groups is 1. The molecular formula is C11H18O2. The molecule has 0 aromatic heterocycles. The van der Waals surface area contributed by atoms with Crippen LogP contribution in [0.3, 0.4) is 0 Å². The molecule has 0 aliphatic heterocycles. The van der Waals surface area contributed by atoms with Gasteiger partial charge in [0.05, 0.1) is 6.10 Å². The lowest BCUT2D eigenvalue weighted by atomic mass is 9.48. The van der Waals surface area contributed by atoms with E-state index in [-0.39, 0.29) is 22.9 Å². The molecule has 0 aromatic rings. The van der Waals surface area contributed by atoms with Crippen LogP contribution in [0.2, 0.25) is 0 Å². The van der Waals surface area contributed by atoms with E-state index in [0.29, 0.717) is 18.6 Å². The van der Waals surface area contributed by atoms with Crippen LogP contribution in [0.4, 0.5) is 0 Å². The van der Waals surface area contributed by atoms with Crippen molar-refractivity contribution in [3.8, 4) is 0 Å². The number of aliphatic hydroxyl groups is 1. The van der Waals surface area contributed by atoms with Crippen LogP contribution in [0, 0.1) is 16.7 Å². The first kappa shape index (κ1) is 9.20. The number of ketones is 1. The van der Waals surface area contributed by atoms with Crippen molar-refractivity contribution in [2.24, 2.45) is 16.7 Å². The minimum Gasteiger partial charge on any atom is -0.393 e. The molecule has 0 bridgehead atoms. The predicted octanol–water partition coefficient (Wildman–Crippen LogP) is 1.76. The summed E-state index contributed by atoms with van der Waals surface area (Å²) in [5.74, 6) is 0.513. The highest BCUT2D eigenvalue weighted by Gasteiger charge is 2.59. The Bertz CT molecular complexity index is 257. The van der Waals surface area contributed by atoms with Crippen molar-refractivity contribution in [2.45, 2.75) is 46.1 Å². The normalized spacial score (nSPS) is 48.2. The quantitative estimate of drug-likeness (QED) is 0.620. The summed E-state index contributed by atoms with van der Waals surface area (Å²) in [6.45, 7) is 6.31. The molecular weight excluding hydrogens is 164 g/mol. The van der Waals surface area contributed by atoms with E-state index in [1.165, 1.54) is 0 Å². The maximum absolute atomic E-state index is 11.7. The summed E-state index contributed by atoms with van der Waals surface area (Å²) in [5.41, 5.74) is -0.0252. The van der Waals surface area contributed by atoms with E-state index in [1.807, 2.05) is 0 Å². The van der Waals surface area contributed by atoms with Crippen molar-refractivity contribution >= 4 is 5.78 Å². The Kier molecular flexibility index (Phi) is 1.66. The van der Waals surface area contributed by atoms with Crippen LogP contribution in [-0.4, -0.2) is 17.0 Å². The molecule has 1 unspecified atom stereocenters. The largest absolute Gasteiger partial charge is 0.393 e. The number of aliphatic hydroxyl groups excluding tert-OH is 1. The first-order valence-corrected chi connectivity index (χ1v) is 5.06. The fraction of sp³-hybridized carbons (Fsp3) is 0.909. The van der Waals surface area contributed by atoms with Crippen molar-refractivity contribution in [2.75, 3.05) is 0 Å². The van der Waals surface area contributed by atoms with E-state index in [9.17, 15) is 9.90 Å². The van der Waals surface area contributed by atoms with Gasteiger partial charge in [-0.25, -0.2) is 0 Å². The Morgan fingerprint density at radius 2 is 2.00 bits per heavy atom. The van der Waals surface area contributed by atoms with Crippen LogP contribution in [0.25, 0.3) is 0 Å². The minimum absolute atomic E-state index is 0.0870. The molecule has 0 aromatic carbocycles. The van der Waals surface area contributed by atoms with E-state index < -0.39 is 0 Å². The molecule has 13 heavy (non-hydrogen) atoms. The molecule has 2 saturated carbocycles. The average molecular weight is 182 g/mol. The second-order valence-electron chi connectivity index (χ2n) is 5.79. The maximum atomic E-state index is 11.7. The minimum atomic E-state index is -0.249. The topological polar surface area (TPSA) is 37.3 Å². The van der Waals surface area contributed by atoms with Crippen molar-refractivity contribution in [1.82, 2.24) is 0 Å². The Morgan fingerprint density at radius 3 is 2.54 bits per heavy atom. The molecule has 0 heterocycles. The lowest BCUT2D eigenvalue weighted by molar-refractivity contribution is -0.175. The van der Waals surface area contributed by atoms with Gasteiger partial charge in [-0.1, -0.05) is 20.8 Å². The van der Waals surface area contributed by atoms with Gasteiger partial charge in [0.1, 0.15) is 5.78 Å². The van der Waals surface area contributed by atoms with Gasteiger partial charge in [-0.05, 0) is 18.3 Å². The molecule has 74 valence electrons. The summed E-state index contributed by atoms with van der Waals surface area (Å²) in [6.07, 6.45) is 2.13. The maximum Gasteiger partial charge on any atom is 0.137 e. The fourth-order valence-corrected chi connectivity index (χ4v) is 3.26. The molecule has 1 N–H and O–H groups in total. The summed E-state index contributed by atoms with van der Waals surface area (Å²) in [5, 5.41) is 9.70. The van der Waals surface area contributed by atoms with Gasteiger partial charge in [0, 0.05) is 17.8 Å². The third-order valence-corrected chi connectivity index (χ3v) is 3.92. The van der Waals surface area contributed by atoms with Crippen LogP contribution >= 0.6 is 0 Å². The van der Waals surface area contributed by atoms with E-state index in [4.69, 9.17) is 0 Å². The monoisotopic (exact) mass is 182 g/mol. The average Bonchev–Trinajstić information content (AvgIpc) is 1.95. The predicted molar refractivity (Wildman–Crippen MR) is 50.2 cm³/mol. The molecule has 3 atom stereocenters. The molecule has 2 nitrogen and oxygen atoms in total. The third-order valence-electron chi connectivity index (χ3n) is 3.92. The standard InChI is InChI=1S/C11H18O2/c1-10(2)5-8(12)7-4-9(13)11(7,3)6-10/h7,9,13H,4-6H2,1-3H3/t7-,9?,11+/m1/s1. The number of Topliss-reactive ketones (excluding diaryl/α,β-unsaturated/α-hetero) is 1. The van der Waals surface area contributed by atoms with Crippen LogP contribution < -0.4 is 0 Å².